The van der Waals surface area contributed by atoms with Crippen LogP contribution in [0.25, 0.3) is 11.0 Å². The lowest BCUT2D eigenvalue weighted by Crippen LogP contribution is -2.28. The molecule has 1 heterocycles. The molecule has 1 unspecified atom stereocenters. The van der Waals surface area contributed by atoms with E-state index in [0.717, 1.165) is 11.9 Å². The molecule has 0 amide bonds. The zero-order chi connectivity index (χ0) is 11.7. The Labute approximate surface area is 96.3 Å². The van der Waals surface area contributed by atoms with Crippen LogP contribution in [0.5, 0.6) is 0 Å². The van der Waals surface area contributed by atoms with Crippen LogP contribution in [0.2, 0.25) is 0 Å². The monoisotopic (exact) mass is 217 g/mol. The molecule has 16 heavy (non-hydrogen) atoms. The molecule has 3 heteroatoms. The molecule has 0 aliphatic heterocycles. The fraction of sp³-hybridized carbons (Fsp3) is 0.462. The number of nitrogens with two attached hydrogens (primary N) is 1. The lowest BCUT2D eigenvalue weighted by Gasteiger charge is -2.15. The van der Waals surface area contributed by atoms with Gasteiger partial charge in [0.25, 0.3) is 0 Å². The highest BCUT2D eigenvalue weighted by Crippen LogP contribution is 2.16. The average Bonchev–Trinajstić information content (AvgIpc) is 2.60. The SMILES string of the molecule is CC(C)C(N)Cc1ccc2c(c1)ncn2C. The van der Waals surface area contributed by atoms with E-state index in [4.69, 9.17) is 5.73 Å². The van der Waals surface area contributed by atoms with Crippen LogP contribution in [0.4, 0.5) is 0 Å². The third-order valence-electron chi connectivity index (χ3n) is 3.12. The minimum atomic E-state index is 0.223. The van der Waals surface area contributed by atoms with Crippen LogP contribution in [-0.4, -0.2) is 15.6 Å². The lowest BCUT2D eigenvalue weighted by atomic mass is 9.97. The van der Waals surface area contributed by atoms with Gasteiger partial charge in [-0.15, -0.1) is 0 Å². The predicted octanol–water partition coefficient (Wildman–Crippen LogP) is 2.10. The van der Waals surface area contributed by atoms with Crippen molar-refractivity contribution in [3.05, 3.63) is 30.1 Å². The van der Waals surface area contributed by atoms with E-state index >= 15 is 0 Å². The van der Waals surface area contributed by atoms with E-state index in [1.54, 1.807) is 0 Å². The van der Waals surface area contributed by atoms with Crippen LogP contribution in [-0.2, 0) is 13.5 Å². The first-order valence-electron chi connectivity index (χ1n) is 5.73. The Morgan fingerprint density at radius 2 is 2.12 bits per heavy atom. The molecular formula is C13H19N3. The molecule has 0 aliphatic carbocycles. The van der Waals surface area contributed by atoms with E-state index in [-0.39, 0.29) is 6.04 Å². The number of benzene rings is 1. The number of fused-ring (bicyclic) bond motifs is 1. The number of aromatic nitrogens is 2. The van der Waals surface area contributed by atoms with Crippen LogP contribution in [0.3, 0.4) is 0 Å². The first kappa shape index (κ1) is 11.1. The fourth-order valence-electron chi connectivity index (χ4n) is 1.82. The molecule has 3 nitrogen and oxygen atoms in total. The maximum absolute atomic E-state index is 6.07. The third kappa shape index (κ3) is 2.09. The maximum Gasteiger partial charge on any atom is 0.0955 e. The Bertz CT molecular complexity index is 485. The molecule has 0 radical (unpaired) electrons. The highest BCUT2D eigenvalue weighted by Gasteiger charge is 2.09. The van der Waals surface area contributed by atoms with Gasteiger partial charge in [0, 0.05) is 13.1 Å². The van der Waals surface area contributed by atoms with E-state index in [0.29, 0.717) is 5.92 Å². The van der Waals surface area contributed by atoms with Crippen molar-refractivity contribution >= 4 is 11.0 Å². The van der Waals surface area contributed by atoms with E-state index in [1.165, 1.54) is 11.1 Å². The number of hydrogen-bond acceptors (Lipinski definition) is 2. The van der Waals surface area contributed by atoms with Crippen molar-refractivity contribution in [2.75, 3.05) is 0 Å². The molecule has 0 saturated heterocycles. The molecule has 1 aromatic heterocycles. The Morgan fingerprint density at radius 1 is 1.38 bits per heavy atom. The van der Waals surface area contributed by atoms with E-state index in [9.17, 15) is 0 Å². The van der Waals surface area contributed by atoms with Gasteiger partial charge in [-0.25, -0.2) is 4.98 Å². The van der Waals surface area contributed by atoms with E-state index < -0.39 is 0 Å². The molecular weight excluding hydrogens is 198 g/mol. The smallest absolute Gasteiger partial charge is 0.0955 e. The van der Waals surface area contributed by atoms with Gasteiger partial charge in [-0.3, -0.25) is 0 Å². The summed E-state index contributed by atoms with van der Waals surface area (Å²) in [4.78, 5) is 4.35. The quantitative estimate of drug-likeness (QED) is 0.855. The summed E-state index contributed by atoms with van der Waals surface area (Å²) in [5.74, 6) is 0.513. The molecule has 2 N–H and O–H groups in total. The molecule has 2 rings (SSSR count). The Balaban J connectivity index is 2.26. The van der Waals surface area contributed by atoms with Crippen LogP contribution >= 0.6 is 0 Å². The van der Waals surface area contributed by atoms with E-state index in [1.807, 2.05) is 17.9 Å². The molecule has 1 aromatic carbocycles. The fourth-order valence-corrected chi connectivity index (χ4v) is 1.82. The summed E-state index contributed by atoms with van der Waals surface area (Å²) in [7, 11) is 2.01. The minimum Gasteiger partial charge on any atom is -0.334 e. The standard InChI is InChI=1S/C13H19N3/c1-9(2)11(14)6-10-4-5-13-12(7-10)15-8-16(13)3/h4-5,7-9,11H,6,14H2,1-3H3. The zero-order valence-corrected chi connectivity index (χ0v) is 10.1. The van der Waals surface area contributed by atoms with Crippen molar-refractivity contribution in [2.24, 2.45) is 18.7 Å². The van der Waals surface area contributed by atoms with Crippen molar-refractivity contribution in [1.29, 1.82) is 0 Å². The van der Waals surface area contributed by atoms with Crippen molar-refractivity contribution in [2.45, 2.75) is 26.3 Å². The van der Waals surface area contributed by atoms with Gasteiger partial charge in [0.05, 0.1) is 17.4 Å². The van der Waals surface area contributed by atoms with E-state index in [2.05, 4.69) is 37.0 Å². The average molecular weight is 217 g/mol. The number of hydrogen-bond donors (Lipinski definition) is 1. The normalized spacial score (nSPS) is 13.6. The van der Waals surface area contributed by atoms with Gasteiger partial charge in [0.15, 0.2) is 0 Å². The summed E-state index contributed by atoms with van der Waals surface area (Å²) < 4.78 is 2.03. The predicted molar refractivity (Wildman–Crippen MR) is 67.2 cm³/mol. The molecule has 86 valence electrons. The topological polar surface area (TPSA) is 43.8 Å². The maximum atomic E-state index is 6.07. The van der Waals surface area contributed by atoms with Crippen molar-refractivity contribution < 1.29 is 0 Å². The van der Waals surface area contributed by atoms with Crippen LogP contribution < -0.4 is 5.73 Å². The second-order valence-corrected chi connectivity index (χ2v) is 4.79. The van der Waals surface area contributed by atoms with Gasteiger partial charge in [0.2, 0.25) is 0 Å². The van der Waals surface area contributed by atoms with Crippen molar-refractivity contribution in [3.8, 4) is 0 Å². The van der Waals surface area contributed by atoms with Gasteiger partial charge in [-0.2, -0.15) is 0 Å². The Morgan fingerprint density at radius 3 is 2.81 bits per heavy atom. The van der Waals surface area contributed by atoms with Gasteiger partial charge in [0.1, 0.15) is 0 Å². The molecule has 0 bridgehead atoms. The van der Waals surface area contributed by atoms with Gasteiger partial charge >= 0.3 is 0 Å². The lowest BCUT2D eigenvalue weighted by molar-refractivity contribution is 0.491. The summed E-state index contributed by atoms with van der Waals surface area (Å²) in [5, 5.41) is 0. The van der Waals surface area contributed by atoms with Crippen LogP contribution in [0, 0.1) is 5.92 Å². The Kier molecular flexibility index (Phi) is 2.97. The van der Waals surface area contributed by atoms with Gasteiger partial charge in [-0.1, -0.05) is 19.9 Å². The second kappa shape index (κ2) is 4.26. The van der Waals surface area contributed by atoms with Crippen LogP contribution in [0.1, 0.15) is 19.4 Å². The highest BCUT2D eigenvalue weighted by molar-refractivity contribution is 5.75. The summed E-state index contributed by atoms with van der Waals surface area (Å²) in [6, 6.07) is 6.62. The number of nitrogens with zero attached hydrogens (tertiary/aromatic N) is 2. The summed E-state index contributed by atoms with van der Waals surface area (Å²) >= 11 is 0. The number of aryl methyl sites for hydroxylation is 1. The van der Waals surface area contributed by atoms with Crippen molar-refractivity contribution in [1.82, 2.24) is 9.55 Å². The van der Waals surface area contributed by atoms with Gasteiger partial charge in [-0.05, 0) is 30.0 Å². The van der Waals surface area contributed by atoms with Crippen molar-refractivity contribution in [3.63, 3.8) is 0 Å². The molecule has 1 atom stereocenters. The Hall–Kier alpha value is -1.35. The second-order valence-electron chi connectivity index (χ2n) is 4.79. The summed E-state index contributed by atoms with van der Waals surface area (Å²) in [6.07, 6.45) is 2.76. The molecule has 0 aliphatic rings. The molecule has 0 saturated carbocycles. The highest BCUT2D eigenvalue weighted by atomic mass is 15.0. The molecule has 0 spiro atoms. The third-order valence-corrected chi connectivity index (χ3v) is 3.12. The summed E-state index contributed by atoms with van der Waals surface area (Å²) in [6.45, 7) is 4.31. The zero-order valence-electron chi connectivity index (χ0n) is 10.1. The number of imidazole rings is 1. The molecule has 0 fully saturated rings. The first-order valence-corrected chi connectivity index (χ1v) is 5.73. The van der Waals surface area contributed by atoms with Gasteiger partial charge < -0.3 is 10.3 Å². The first-order chi connectivity index (χ1) is 7.58. The molecule has 2 aromatic rings. The largest absolute Gasteiger partial charge is 0.334 e. The minimum absolute atomic E-state index is 0.223. The number of rotatable bonds is 3. The van der Waals surface area contributed by atoms with Crippen LogP contribution in [0.15, 0.2) is 24.5 Å². The summed E-state index contributed by atoms with van der Waals surface area (Å²) in [5.41, 5.74) is 9.56.